The summed E-state index contributed by atoms with van der Waals surface area (Å²) in [5.74, 6) is 0.996. The number of amides is 1. The van der Waals surface area contributed by atoms with Crippen LogP contribution in [0.3, 0.4) is 0 Å². The maximum absolute atomic E-state index is 12.1. The van der Waals surface area contributed by atoms with Crippen LogP contribution in [0.15, 0.2) is 0 Å². The summed E-state index contributed by atoms with van der Waals surface area (Å²) in [6, 6.07) is 0. The molecule has 0 atom stereocenters. The van der Waals surface area contributed by atoms with Crippen molar-refractivity contribution in [2.45, 2.75) is 39.0 Å². The molecule has 2 fully saturated rings. The highest BCUT2D eigenvalue weighted by atomic mass is 16.2. The van der Waals surface area contributed by atoms with E-state index in [1.807, 2.05) is 0 Å². The third-order valence-electron chi connectivity index (χ3n) is 3.94. The average Bonchev–Trinajstić information content (AvgIpc) is 2.08. The highest BCUT2D eigenvalue weighted by Gasteiger charge is 2.42. The lowest BCUT2D eigenvalue weighted by atomic mass is 9.65. The molecule has 3 heteroatoms. The van der Waals surface area contributed by atoms with E-state index in [2.05, 4.69) is 17.6 Å². The SMILES string of the molecule is CCCC1(C(=O)NCC2CNC2)CCC1. The summed E-state index contributed by atoms with van der Waals surface area (Å²) in [7, 11) is 0. The zero-order valence-electron chi connectivity index (χ0n) is 9.64. The van der Waals surface area contributed by atoms with Gasteiger partial charge in [-0.1, -0.05) is 19.8 Å². The van der Waals surface area contributed by atoms with Gasteiger partial charge < -0.3 is 10.6 Å². The van der Waals surface area contributed by atoms with E-state index in [9.17, 15) is 4.79 Å². The number of hydrogen-bond donors (Lipinski definition) is 2. The van der Waals surface area contributed by atoms with Crippen molar-refractivity contribution in [1.29, 1.82) is 0 Å². The number of hydrogen-bond acceptors (Lipinski definition) is 2. The molecule has 0 aromatic carbocycles. The van der Waals surface area contributed by atoms with E-state index in [0.717, 1.165) is 45.3 Å². The van der Waals surface area contributed by atoms with Gasteiger partial charge >= 0.3 is 0 Å². The fraction of sp³-hybridized carbons (Fsp3) is 0.917. The van der Waals surface area contributed by atoms with Crippen molar-refractivity contribution in [2.75, 3.05) is 19.6 Å². The van der Waals surface area contributed by atoms with Crippen LogP contribution < -0.4 is 10.6 Å². The molecule has 0 radical (unpaired) electrons. The molecule has 3 nitrogen and oxygen atoms in total. The van der Waals surface area contributed by atoms with E-state index >= 15 is 0 Å². The summed E-state index contributed by atoms with van der Waals surface area (Å²) in [5.41, 5.74) is 0.0198. The van der Waals surface area contributed by atoms with Crippen molar-refractivity contribution in [3.63, 3.8) is 0 Å². The van der Waals surface area contributed by atoms with Gasteiger partial charge in [-0.15, -0.1) is 0 Å². The minimum Gasteiger partial charge on any atom is -0.355 e. The highest BCUT2D eigenvalue weighted by molar-refractivity contribution is 5.83. The number of carbonyl (C=O) groups is 1. The molecule has 1 aliphatic carbocycles. The van der Waals surface area contributed by atoms with Gasteiger partial charge in [0.2, 0.25) is 5.91 Å². The van der Waals surface area contributed by atoms with Crippen molar-refractivity contribution in [2.24, 2.45) is 11.3 Å². The zero-order chi connectivity index (χ0) is 10.7. The molecule has 1 aliphatic heterocycles. The van der Waals surface area contributed by atoms with E-state index in [1.54, 1.807) is 0 Å². The molecule has 1 amide bonds. The standard InChI is InChI=1S/C12H22N2O/c1-2-4-12(5-3-6-12)11(15)14-9-10-7-13-8-10/h10,13H,2-9H2,1H3,(H,14,15). The van der Waals surface area contributed by atoms with Gasteiger partial charge in [-0.3, -0.25) is 4.79 Å². The largest absolute Gasteiger partial charge is 0.355 e. The van der Waals surface area contributed by atoms with Crippen LogP contribution >= 0.6 is 0 Å². The second-order valence-electron chi connectivity index (χ2n) is 5.12. The van der Waals surface area contributed by atoms with E-state index in [4.69, 9.17) is 0 Å². The van der Waals surface area contributed by atoms with Gasteiger partial charge in [0.05, 0.1) is 0 Å². The molecule has 0 aromatic heterocycles. The summed E-state index contributed by atoms with van der Waals surface area (Å²) in [6.07, 6.45) is 5.64. The molecule has 0 spiro atoms. The lowest BCUT2D eigenvalue weighted by Gasteiger charge is -2.41. The van der Waals surface area contributed by atoms with Crippen LogP contribution in [-0.4, -0.2) is 25.5 Å². The number of nitrogens with one attached hydrogen (secondary N) is 2. The number of rotatable bonds is 5. The average molecular weight is 210 g/mol. The van der Waals surface area contributed by atoms with Crippen LogP contribution in [0, 0.1) is 11.3 Å². The van der Waals surface area contributed by atoms with Gasteiger partial charge in [-0.2, -0.15) is 0 Å². The Morgan fingerprint density at radius 2 is 2.20 bits per heavy atom. The smallest absolute Gasteiger partial charge is 0.226 e. The lowest BCUT2D eigenvalue weighted by molar-refractivity contribution is -0.136. The molecule has 2 aliphatic rings. The normalized spacial score (nSPS) is 24.1. The van der Waals surface area contributed by atoms with Crippen LogP contribution in [0.2, 0.25) is 0 Å². The predicted molar refractivity (Wildman–Crippen MR) is 60.6 cm³/mol. The first-order valence-corrected chi connectivity index (χ1v) is 6.26. The highest BCUT2D eigenvalue weighted by Crippen LogP contribution is 2.44. The summed E-state index contributed by atoms with van der Waals surface area (Å²) in [4.78, 5) is 12.1. The van der Waals surface area contributed by atoms with Gasteiger partial charge in [0, 0.05) is 31.0 Å². The summed E-state index contributed by atoms with van der Waals surface area (Å²) in [6.45, 7) is 5.18. The van der Waals surface area contributed by atoms with Crippen molar-refractivity contribution in [3.05, 3.63) is 0 Å². The van der Waals surface area contributed by atoms with Crippen molar-refractivity contribution in [1.82, 2.24) is 10.6 Å². The molecule has 15 heavy (non-hydrogen) atoms. The maximum Gasteiger partial charge on any atom is 0.226 e. The van der Waals surface area contributed by atoms with Gasteiger partial charge in [-0.25, -0.2) is 0 Å². The second kappa shape index (κ2) is 4.52. The molecule has 0 unspecified atom stereocenters. The third-order valence-corrected chi connectivity index (χ3v) is 3.94. The Kier molecular flexibility index (Phi) is 3.29. The topological polar surface area (TPSA) is 41.1 Å². The molecule has 1 heterocycles. The fourth-order valence-corrected chi connectivity index (χ4v) is 2.59. The molecule has 2 rings (SSSR count). The van der Waals surface area contributed by atoms with E-state index in [-0.39, 0.29) is 5.41 Å². The first-order chi connectivity index (χ1) is 7.27. The Bertz CT molecular complexity index is 232. The van der Waals surface area contributed by atoms with E-state index < -0.39 is 0 Å². The van der Waals surface area contributed by atoms with Crippen molar-refractivity contribution >= 4 is 5.91 Å². The predicted octanol–water partition coefficient (Wildman–Crippen LogP) is 1.29. The molecule has 2 N–H and O–H groups in total. The third kappa shape index (κ3) is 2.17. The summed E-state index contributed by atoms with van der Waals surface area (Å²) < 4.78 is 0. The first-order valence-electron chi connectivity index (χ1n) is 6.26. The molecule has 0 bridgehead atoms. The van der Waals surface area contributed by atoms with Crippen LogP contribution in [0.4, 0.5) is 0 Å². The van der Waals surface area contributed by atoms with Crippen LogP contribution in [0.25, 0.3) is 0 Å². The monoisotopic (exact) mass is 210 g/mol. The van der Waals surface area contributed by atoms with Gasteiger partial charge in [0.25, 0.3) is 0 Å². The molecule has 1 saturated heterocycles. The van der Waals surface area contributed by atoms with Crippen molar-refractivity contribution in [3.8, 4) is 0 Å². The molecule has 0 aromatic rings. The van der Waals surface area contributed by atoms with Crippen LogP contribution in [-0.2, 0) is 4.79 Å². The maximum atomic E-state index is 12.1. The first kappa shape index (κ1) is 10.9. The molecular formula is C12H22N2O. The second-order valence-corrected chi connectivity index (χ2v) is 5.12. The quantitative estimate of drug-likeness (QED) is 0.718. The Hall–Kier alpha value is -0.570. The summed E-state index contributed by atoms with van der Waals surface area (Å²) in [5, 5.41) is 6.36. The Morgan fingerprint density at radius 3 is 2.60 bits per heavy atom. The minimum absolute atomic E-state index is 0.0198. The fourth-order valence-electron chi connectivity index (χ4n) is 2.59. The minimum atomic E-state index is 0.0198. The van der Waals surface area contributed by atoms with E-state index in [0.29, 0.717) is 11.8 Å². The molecule has 86 valence electrons. The van der Waals surface area contributed by atoms with Gasteiger partial charge in [-0.05, 0) is 19.3 Å². The Balaban J connectivity index is 1.77. The summed E-state index contributed by atoms with van der Waals surface area (Å²) >= 11 is 0. The lowest BCUT2D eigenvalue weighted by Crippen LogP contribution is -2.52. The Morgan fingerprint density at radius 1 is 1.47 bits per heavy atom. The zero-order valence-corrected chi connectivity index (χ0v) is 9.64. The molecular weight excluding hydrogens is 188 g/mol. The van der Waals surface area contributed by atoms with Gasteiger partial charge in [0.1, 0.15) is 0 Å². The van der Waals surface area contributed by atoms with Crippen molar-refractivity contribution < 1.29 is 4.79 Å². The Labute approximate surface area is 92.0 Å². The number of carbonyl (C=O) groups excluding carboxylic acids is 1. The molecule has 1 saturated carbocycles. The van der Waals surface area contributed by atoms with E-state index in [1.165, 1.54) is 6.42 Å². The van der Waals surface area contributed by atoms with Crippen LogP contribution in [0.5, 0.6) is 0 Å². The van der Waals surface area contributed by atoms with Crippen LogP contribution in [0.1, 0.15) is 39.0 Å². The van der Waals surface area contributed by atoms with Gasteiger partial charge in [0.15, 0.2) is 0 Å².